The van der Waals surface area contributed by atoms with Gasteiger partial charge >= 0.3 is 0 Å². The Bertz CT molecular complexity index is 590. The summed E-state index contributed by atoms with van der Waals surface area (Å²) in [6.07, 6.45) is 0.144. The lowest BCUT2D eigenvalue weighted by Crippen LogP contribution is -2.33. The molecule has 1 N–H and O–H groups in total. The number of aliphatic hydroxyl groups is 1. The zero-order valence-electron chi connectivity index (χ0n) is 12.2. The molecule has 3 rings (SSSR count). The molecular weight excluding hydrogens is 311 g/mol. The average Bonchev–Trinajstić information content (AvgIpc) is 2.59. The van der Waals surface area contributed by atoms with Gasteiger partial charge in [-0.05, 0) is 36.4 Å². The van der Waals surface area contributed by atoms with E-state index in [0.29, 0.717) is 0 Å². The molecule has 0 aliphatic rings. The molecule has 0 saturated heterocycles. The summed E-state index contributed by atoms with van der Waals surface area (Å²) in [6, 6.07) is 31.1. The van der Waals surface area contributed by atoms with E-state index in [1.165, 1.54) is 15.9 Å². The van der Waals surface area contributed by atoms with Gasteiger partial charge < -0.3 is 5.11 Å². The van der Waals surface area contributed by atoms with Gasteiger partial charge in [0, 0.05) is 0 Å². The Balaban J connectivity index is 0.00000176. The molecule has 0 heterocycles. The maximum absolute atomic E-state index is 10.4. The number of rotatable bonds is 4. The van der Waals surface area contributed by atoms with Crippen LogP contribution >= 0.6 is 19.7 Å². The molecule has 1 nitrogen and oxygen atoms in total. The molecule has 0 aromatic heterocycles. The zero-order valence-corrected chi connectivity index (χ0v) is 13.9. The summed E-state index contributed by atoms with van der Waals surface area (Å²) >= 11 is 0. The van der Waals surface area contributed by atoms with E-state index in [-0.39, 0.29) is 18.8 Å². The molecule has 0 aliphatic carbocycles. The Morgan fingerprint density at radius 3 is 1.05 bits per heavy atom. The van der Waals surface area contributed by atoms with Crippen molar-refractivity contribution in [3.8, 4) is 0 Å². The van der Waals surface area contributed by atoms with Gasteiger partial charge in [0.2, 0.25) is 0 Å². The molecule has 3 heteroatoms. The molecule has 0 atom stereocenters. The van der Waals surface area contributed by atoms with E-state index in [9.17, 15) is 5.11 Å². The molecule has 0 fully saturated rings. The van der Waals surface area contributed by atoms with Gasteiger partial charge in [-0.3, -0.25) is 0 Å². The Morgan fingerprint density at radius 2 is 0.818 bits per heavy atom. The maximum Gasteiger partial charge on any atom is 0.168 e. The molecule has 3 aromatic carbocycles. The SMILES string of the molecule is Cl.OC[P+](c1ccccc1)(c1ccccc1)c1ccccc1. The second kappa shape index (κ2) is 7.56. The zero-order chi connectivity index (χ0) is 14.5. The molecule has 3 aromatic rings. The third-order valence-electron chi connectivity index (χ3n) is 3.80. The standard InChI is InChI=1S/C19H18OP.ClH/c20-16-21(17-10-4-1-5-11-17,18-12-6-2-7-13-18)19-14-8-3-9-15-19;/h1-15,20H,16H2;1H/q+1;. The van der Waals surface area contributed by atoms with Gasteiger partial charge in [0.15, 0.2) is 6.35 Å². The third-order valence-corrected chi connectivity index (χ3v) is 7.77. The van der Waals surface area contributed by atoms with E-state index >= 15 is 0 Å². The van der Waals surface area contributed by atoms with Crippen molar-refractivity contribution in [3.05, 3.63) is 91.0 Å². The fraction of sp³-hybridized carbons (Fsp3) is 0.0526. The van der Waals surface area contributed by atoms with Crippen LogP contribution in [0.25, 0.3) is 0 Å². The van der Waals surface area contributed by atoms with Crippen LogP contribution in [0.4, 0.5) is 0 Å². The first-order chi connectivity index (χ1) is 10.4. The van der Waals surface area contributed by atoms with Crippen LogP contribution in [0.15, 0.2) is 91.0 Å². The van der Waals surface area contributed by atoms with E-state index in [0.717, 1.165) is 0 Å². The fourth-order valence-electron chi connectivity index (χ4n) is 2.74. The smallest absolute Gasteiger partial charge is 0.168 e. The highest BCUT2D eigenvalue weighted by molar-refractivity contribution is 7.95. The van der Waals surface area contributed by atoms with Gasteiger partial charge in [0.05, 0.1) is 0 Å². The third kappa shape index (κ3) is 2.94. The highest BCUT2D eigenvalue weighted by Gasteiger charge is 2.44. The first kappa shape index (κ1) is 16.7. The van der Waals surface area contributed by atoms with Crippen molar-refractivity contribution >= 4 is 35.6 Å². The van der Waals surface area contributed by atoms with Gasteiger partial charge in [-0.15, -0.1) is 12.4 Å². The first-order valence-electron chi connectivity index (χ1n) is 7.04. The Labute approximate surface area is 138 Å². The van der Waals surface area contributed by atoms with Gasteiger partial charge in [-0.25, -0.2) is 0 Å². The topological polar surface area (TPSA) is 20.2 Å². The normalized spacial score (nSPS) is 10.8. The van der Waals surface area contributed by atoms with Crippen molar-refractivity contribution in [1.82, 2.24) is 0 Å². The van der Waals surface area contributed by atoms with Gasteiger partial charge in [-0.2, -0.15) is 0 Å². The predicted octanol–water partition coefficient (Wildman–Crippen LogP) is 3.35. The van der Waals surface area contributed by atoms with Gasteiger partial charge in [-0.1, -0.05) is 54.6 Å². The van der Waals surface area contributed by atoms with Crippen molar-refractivity contribution in [2.24, 2.45) is 0 Å². The quantitative estimate of drug-likeness (QED) is 0.728. The van der Waals surface area contributed by atoms with Crippen molar-refractivity contribution in [2.75, 3.05) is 6.35 Å². The minimum absolute atomic E-state index is 0. The minimum atomic E-state index is -1.98. The molecule has 112 valence electrons. The van der Waals surface area contributed by atoms with Crippen LogP contribution in [0.2, 0.25) is 0 Å². The highest BCUT2D eigenvalue weighted by atomic mass is 35.5. The first-order valence-corrected chi connectivity index (χ1v) is 9.01. The van der Waals surface area contributed by atoms with Crippen LogP contribution in [-0.4, -0.2) is 11.5 Å². The van der Waals surface area contributed by atoms with Crippen molar-refractivity contribution in [2.45, 2.75) is 0 Å². The number of aliphatic hydroxyl groups excluding tert-OH is 1. The summed E-state index contributed by atoms with van der Waals surface area (Å²) < 4.78 is 0. The number of hydrogen-bond donors (Lipinski definition) is 1. The Morgan fingerprint density at radius 1 is 0.545 bits per heavy atom. The summed E-state index contributed by atoms with van der Waals surface area (Å²) in [7, 11) is -1.98. The molecule has 0 unspecified atom stereocenters. The average molecular weight is 330 g/mol. The highest BCUT2D eigenvalue weighted by Crippen LogP contribution is 2.54. The monoisotopic (exact) mass is 329 g/mol. The summed E-state index contributed by atoms with van der Waals surface area (Å²) in [5.74, 6) is 0. The van der Waals surface area contributed by atoms with Crippen molar-refractivity contribution in [3.63, 3.8) is 0 Å². The van der Waals surface area contributed by atoms with E-state index in [4.69, 9.17) is 0 Å². The molecule has 0 amide bonds. The largest absolute Gasteiger partial charge is 0.361 e. The maximum atomic E-state index is 10.4. The number of hydrogen-bond acceptors (Lipinski definition) is 1. The summed E-state index contributed by atoms with van der Waals surface area (Å²) in [5.41, 5.74) is 0. The summed E-state index contributed by atoms with van der Waals surface area (Å²) in [6.45, 7) is 0. The van der Waals surface area contributed by atoms with Crippen LogP contribution in [0.5, 0.6) is 0 Å². The predicted molar refractivity (Wildman–Crippen MR) is 99.5 cm³/mol. The van der Waals surface area contributed by atoms with Gasteiger partial charge in [0.25, 0.3) is 0 Å². The number of benzene rings is 3. The van der Waals surface area contributed by atoms with E-state index < -0.39 is 7.26 Å². The lowest BCUT2D eigenvalue weighted by atomic mass is 10.4. The lowest BCUT2D eigenvalue weighted by molar-refractivity contribution is 0.370. The second-order valence-corrected chi connectivity index (χ2v) is 8.41. The van der Waals surface area contributed by atoms with E-state index in [1.807, 2.05) is 54.6 Å². The van der Waals surface area contributed by atoms with Crippen LogP contribution < -0.4 is 15.9 Å². The van der Waals surface area contributed by atoms with Crippen LogP contribution in [-0.2, 0) is 0 Å². The second-order valence-electron chi connectivity index (χ2n) is 4.96. The summed E-state index contributed by atoms with van der Waals surface area (Å²) in [4.78, 5) is 0. The molecule has 0 saturated carbocycles. The van der Waals surface area contributed by atoms with Crippen LogP contribution in [0, 0.1) is 0 Å². The lowest BCUT2D eigenvalue weighted by Gasteiger charge is -2.25. The molecule has 0 radical (unpaired) electrons. The molecular formula is C19H19ClOP+. The van der Waals surface area contributed by atoms with E-state index in [2.05, 4.69) is 36.4 Å². The minimum Gasteiger partial charge on any atom is -0.361 e. The molecule has 0 spiro atoms. The van der Waals surface area contributed by atoms with Crippen molar-refractivity contribution < 1.29 is 5.11 Å². The Kier molecular flexibility index (Phi) is 5.74. The van der Waals surface area contributed by atoms with Gasteiger partial charge in [0.1, 0.15) is 23.2 Å². The summed E-state index contributed by atoms with van der Waals surface area (Å²) in [5, 5.41) is 14.0. The fourth-order valence-corrected chi connectivity index (χ4v) is 6.17. The molecule has 0 aliphatic heterocycles. The van der Waals surface area contributed by atoms with Crippen LogP contribution in [0.3, 0.4) is 0 Å². The molecule has 22 heavy (non-hydrogen) atoms. The number of halogens is 1. The molecule has 0 bridgehead atoms. The van der Waals surface area contributed by atoms with E-state index in [1.54, 1.807) is 0 Å². The van der Waals surface area contributed by atoms with Crippen molar-refractivity contribution in [1.29, 1.82) is 0 Å². The Hall–Kier alpha value is -1.66. The van der Waals surface area contributed by atoms with Crippen LogP contribution in [0.1, 0.15) is 0 Å².